The molecule has 0 saturated heterocycles. The van der Waals surface area contributed by atoms with Crippen molar-refractivity contribution in [2.24, 2.45) is 0 Å². The molecule has 0 aromatic carbocycles. The van der Waals surface area contributed by atoms with Gasteiger partial charge in [0.05, 0.1) is 0 Å². The lowest BCUT2D eigenvalue weighted by Crippen LogP contribution is -2.16. The molecular formula is C8H14N2S. The molecule has 1 heterocycles. The third-order valence-electron chi connectivity index (χ3n) is 1.46. The van der Waals surface area contributed by atoms with Crippen molar-refractivity contribution in [1.29, 1.82) is 0 Å². The monoisotopic (exact) mass is 170 g/mol. The summed E-state index contributed by atoms with van der Waals surface area (Å²) in [7, 11) is 0. The molecule has 11 heavy (non-hydrogen) atoms. The molecular weight excluding hydrogens is 156 g/mol. The SMILES string of the molecule is CSCCNCc1ccc[nH]1. The summed E-state index contributed by atoms with van der Waals surface area (Å²) in [6, 6.07) is 4.11. The Morgan fingerprint density at radius 1 is 1.64 bits per heavy atom. The van der Waals surface area contributed by atoms with Crippen LogP contribution in [0.4, 0.5) is 0 Å². The number of aromatic amines is 1. The molecule has 0 bridgehead atoms. The van der Waals surface area contributed by atoms with Crippen molar-refractivity contribution < 1.29 is 0 Å². The van der Waals surface area contributed by atoms with Gasteiger partial charge in [0, 0.05) is 30.7 Å². The van der Waals surface area contributed by atoms with Crippen molar-refractivity contribution in [3.8, 4) is 0 Å². The predicted molar refractivity (Wildman–Crippen MR) is 50.9 cm³/mol. The Bertz CT molecular complexity index is 172. The Hall–Kier alpha value is -0.410. The molecule has 0 saturated carbocycles. The molecule has 0 atom stereocenters. The second-order valence-electron chi connectivity index (χ2n) is 2.36. The van der Waals surface area contributed by atoms with E-state index in [0.29, 0.717) is 0 Å². The smallest absolute Gasteiger partial charge is 0.0357 e. The Morgan fingerprint density at radius 3 is 3.18 bits per heavy atom. The lowest BCUT2D eigenvalue weighted by molar-refractivity contribution is 0.719. The van der Waals surface area contributed by atoms with Gasteiger partial charge in [0.15, 0.2) is 0 Å². The number of H-pyrrole nitrogens is 1. The molecule has 0 radical (unpaired) electrons. The third kappa shape index (κ3) is 3.49. The largest absolute Gasteiger partial charge is 0.364 e. The topological polar surface area (TPSA) is 27.8 Å². The Labute approximate surface area is 71.8 Å². The van der Waals surface area contributed by atoms with Gasteiger partial charge < -0.3 is 10.3 Å². The maximum atomic E-state index is 3.34. The Kier molecular flexibility index (Phi) is 4.16. The number of thioether (sulfide) groups is 1. The highest BCUT2D eigenvalue weighted by Crippen LogP contribution is 1.93. The molecule has 62 valence electrons. The summed E-state index contributed by atoms with van der Waals surface area (Å²) in [6.07, 6.45) is 4.07. The molecule has 3 heteroatoms. The summed E-state index contributed by atoms with van der Waals surface area (Å²) in [5.74, 6) is 1.18. The Balaban J connectivity index is 2.04. The van der Waals surface area contributed by atoms with E-state index < -0.39 is 0 Å². The van der Waals surface area contributed by atoms with Crippen molar-refractivity contribution in [2.75, 3.05) is 18.6 Å². The zero-order valence-electron chi connectivity index (χ0n) is 6.76. The summed E-state index contributed by atoms with van der Waals surface area (Å²) < 4.78 is 0. The lowest BCUT2D eigenvalue weighted by atomic mass is 10.4. The number of aromatic nitrogens is 1. The number of hydrogen-bond donors (Lipinski definition) is 2. The van der Waals surface area contributed by atoms with Gasteiger partial charge >= 0.3 is 0 Å². The minimum absolute atomic E-state index is 0.952. The van der Waals surface area contributed by atoms with Crippen molar-refractivity contribution >= 4 is 11.8 Å². The van der Waals surface area contributed by atoms with E-state index in [9.17, 15) is 0 Å². The van der Waals surface area contributed by atoms with E-state index in [-0.39, 0.29) is 0 Å². The van der Waals surface area contributed by atoms with Crippen LogP contribution in [-0.2, 0) is 6.54 Å². The number of hydrogen-bond acceptors (Lipinski definition) is 2. The molecule has 0 fully saturated rings. The molecule has 0 spiro atoms. The highest BCUT2D eigenvalue weighted by atomic mass is 32.2. The van der Waals surface area contributed by atoms with Crippen molar-refractivity contribution in [2.45, 2.75) is 6.54 Å². The second kappa shape index (κ2) is 5.27. The molecule has 0 aliphatic rings. The third-order valence-corrected chi connectivity index (χ3v) is 2.07. The fourth-order valence-corrected chi connectivity index (χ4v) is 1.22. The number of nitrogens with one attached hydrogen (secondary N) is 2. The fraction of sp³-hybridized carbons (Fsp3) is 0.500. The predicted octanol–water partition coefficient (Wildman–Crippen LogP) is 1.47. The summed E-state index contributed by atoms with van der Waals surface area (Å²) >= 11 is 1.87. The van der Waals surface area contributed by atoms with E-state index in [1.54, 1.807) is 0 Å². The molecule has 0 amide bonds. The quantitative estimate of drug-likeness (QED) is 0.655. The van der Waals surface area contributed by atoms with Crippen LogP contribution in [0, 0.1) is 0 Å². The molecule has 0 aliphatic carbocycles. The van der Waals surface area contributed by atoms with E-state index in [1.165, 1.54) is 11.4 Å². The van der Waals surface area contributed by atoms with E-state index in [1.807, 2.05) is 24.0 Å². The average Bonchev–Trinajstić information content (AvgIpc) is 2.50. The van der Waals surface area contributed by atoms with Crippen LogP contribution in [0.2, 0.25) is 0 Å². The van der Waals surface area contributed by atoms with E-state index in [4.69, 9.17) is 0 Å². The van der Waals surface area contributed by atoms with Gasteiger partial charge in [-0.2, -0.15) is 11.8 Å². The Morgan fingerprint density at radius 2 is 2.55 bits per heavy atom. The van der Waals surface area contributed by atoms with Crippen molar-refractivity contribution in [3.63, 3.8) is 0 Å². The van der Waals surface area contributed by atoms with Gasteiger partial charge in [0.2, 0.25) is 0 Å². The van der Waals surface area contributed by atoms with E-state index in [2.05, 4.69) is 22.6 Å². The molecule has 0 unspecified atom stereocenters. The van der Waals surface area contributed by atoms with Crippen LogP contribution in [0.1, 0.15) is 5.69 Å². The first-order valence-corrected chi connectivity index (χ1v) is 5.15. The molecule has 1 rings (SSSR count). The van der Waals surface area contributed by atoms with E-state index in [0.717, 1.165) is 13.1 Å². The summed E-state index contributed by atoms with van der Waals surface area (Å²) in [4.78, 5) is 3.14. The normalized spacial score (nSPS) is 10.3. The first-order valence-electron chi connectivity index (χ1n) is 3.75. The zero-order valence-corrected chi connectivity index (χ0v) is 7.58. The standard InChI is InChI=1S/C8H14N2S/c1-11-6-5-9-7-8-3-2-4-10-8/h2-4,9-10H,5-7H2,1H3. The first kappa shape index (κ1) is 8.68. The zero-order chi connectivity index (χ0) is 7.94. The van der Waals surface area contributed by atoms with Crippen LogP contribution >= 0.6 is 11.8 Å². The van der Waals surface area contributed by atoms with Gasteiger partial charge in [-0.25, -0.2) is 0 Å². The van der Waals surface area contributed by atoms with Gasteiger partial charge in [-0.15, -0.1) is 0 Å². The summed E-state index contributed by atoms with van der Waals surface area (Å²) in [5.41, 5.74) is 1.26. The molecule has 1 aromatic rings. The van der Waals surface area contributed by atoms with Crippen molar-refractivity contribution in [1.82, 2.24) is 10.3 Å². The van der Waals surface area contributed by atoms with Crippen LogP contribution in [0.25, 0.3) is 0 Å². The van der Waals surface area contributed by atoms with Crippen LogP contribution in [0.5, 0.6) is 0 Å². The van der Waals surface area contributed by atoms with Crippen LogP contribution in [-0.4, -0.2) is 23.5 Å². The van der Waals surface area contributed by atoms with Gasteiger partial charge in [0.1, 0.15) is 0 Å². The summed E-state index contributed by atoms with van der Waals surface area (Å²) in [6.45, 7) is 2.04. The highest BCUT2D eigenvalue weighted by molar-refractivity contribution is 7.98. The average molecular weight is 170 g/mol. The molecule has 2 nitrogen and oxygen atoms in total. The maximum Gasteiger partial charge on any atom is 0.0357 e. The van der Waals surface area contributed by atoms with E-state index >= 15 is 0 Å². The minimum Gasteiger partial charge on any atom is -0.364 e. The second-order valence-corrected chi connectivity index (χ2v) is 3.35. The van der Waals surface area contributed by atoms with Crippen LogP contribution < -0.4 is 5.32 Å². The first-order chi connectivity index (χ1) is 5.43. The minimum atomic E-state index is 0.952. The van der Waals surface area contributed by atoms with Gasteiger partial charge in [-0.3, -0.25) is 0 Å². The molecule has 0 aliphatic heterocycles. The van der Waals surface area contributed by atoms with Crippen LogP contribution in [0.15, 0.2) is 18.3 Å². The number of rotatable bonds is 5. The van der Waals surface area contributed by atoms with Gasteiger partial charge in [-0.05, 0) is 18.4 Å². The fourth-order valence-electron chi connectivity index (χ4n) is 0.875. The summed E-state index contributed by atoms with van der Waals surface area (Å²) in [5, 5.41) is 3.34. The van der Waals surface area contributed by atoms with Gasteiger partial charge in [-0.1, -0.05) is 0 Å². The highest BCUT2D eigenvalue weighted by Gasteiger charge is 1.89. The van der Waals surface area contributed by atoms with Crippen LogP contribution in [0.3, 0.4) is 0 Å². The maximum absolute atomic E-state index is 3.34. The van der Waals surface area contributed by atoms with Crippen molar-refractivity contribution in [3.05, 3.63) is 24.0 Å². The molecule has 1 aromatic heterocycles. The molecule has 2 N–H and O–H groups in total. The van der Waals surface area contributed by atoms with Gasteiger partial charge in [0.25, 0.3) is 0 Å². The lowest BCUT2D eigenvalue weighted by Gasteiger charge is -2.00.